The molecule has 0 aliphatic rings. The molecule has 0 bridgehead atoms. The molecule has 1 heterocycles. The van der Waals surface area contributed by atoms with Crippen LogP contribution in [0.4, 0.5) is 5.69 Å². The number of hydrogen-bond donors (Lipinski definition) is 3. The number of anilines is 1. The Hall–Kier alpha value is -3.77. The lowest BCUT2D eigenvalue weighted by molar-refractivity contribution is 0.112. The van der Waals surface area contributed by atoms with E-state index < -0.39 is 8.60 Å². The SMILES string of the molecule is CO.Nc1ccccc1.O=Cc1cccnc1.OP(Oc1ccccc1)Oc1ccccc1. The molecular weight excluding hydrogens is 439 g/mol. The number of aliphatic hydroxyl groups is 1. The molecule has 4 N–H and O–H groups in total. The summed E-state index contributed by atoms with van der Waals surface area (Å²) >= 11 is 0. The number of pyridine rings is 1. The predicted octanol–water partition coefficient (Wildman–Crippen LogP) is 5.14. The van der Waals surface area contributed by atoms with Crippen LogP contribution in [0.2, 0.25) is 0 Å². The fourth-order valence-corrected chi connectivity index (χ4v) is 2.70. The number of hydrogen-bond acceptors (Lipinski definition) is 7. The fraction of sp³-hybridized carbons (Fsp3) is 0.0400. The van der Waals surface area contributed by atoms with Crippen LogP contribution in [0, 0.1) is 0 Å². The third-order valence-electron chi connectivity index (χ3n) is 3.47. The molecule has 0 aliphatic heterocycles. The smallest absolute Gasteiger partial charge is 0.418 e. The molecule has 0 atom stereocenters. The molecule has 0 radical (unpaired) electrons. The van der Waals surface area contributed by atoms with Gasteiger partial charge < -0.3 is 24.8 Å². The number of nitrogens with two attached hydrogens (primary N) is 1. The first-order valence-corrected chi connectivity index (χ1v) is 10.9. The second-order valence-corrected chi connectivity index (χ2v) is 6.70. The van der Waals surface area contributed by atoms with E-state index in [0.29, 0.717) is 17.1 Å². The highest BCUT2D eigenvalue weighted by molar-refractivity contribution is 7.41. The van der Waals surface area contributed by atoms with Crippen LogP contribution in [0.15, 0.2) is 116 Å². The maximum absolute atomic E-state index is 9.97. The summed E-state index contributed by atoms with van der Waals surface area (Å²) in [5.41, 5.74) is 6.80. The van der Waals surface area contributed by atoms with Gasteiger partial charge in [0, 0.05) is 30.8 Å². The van der Waals surface area contributed by atoms with Crippen molar-refractivity contribution in [3.8, 4) is 11.5 Å². The minimum atomic E-state index is -1.93. The average molecular weight is 466 g/mol. The molecule has 0 saturated carbocycles. The summed E-state index contributed by atoms with van der Waals surface area (Å²) in [6.45, 7) is 0. The molecule has 8 heteroatoms. The van der Waals surface area contributed by atoms with Crippen LogP contribution < -0.4 is 14.8 Å². The van der Waals surface area contributed by atoms with Gasteiger partial charge in [0.2, 0.25) is 0 Å². The number of aldehydes is 1. The molecule has 0 spiro atoms. The van der Waals surface area contributed by atoms with Crippen molar-refractivity contribution in [1.82, 2.24) is 4.98 Å². The lowest BCUT2D eigenvalue weighted by Gasteiger charge is -2.11. The molecule has 4 aromatic rings. The number of para-hydroxylation sites is 3. The van der Waals surface area contributed by atoms with E-state index in [2.05, 4.69) is 4.98 Å². The van der Waals surface area contributed by atoms with E-state index in [-0.39, 0.29) is 0 Å². The monoisotopic (exact) mass is 466 g/mol. The summed E-state index contributed by atoms with van der Waals surface area (Å²) in [7, 11) is -0.933. The number of aromatic nitrogens is 1. The van der Waals surface area contributed by atoms with E-state index >= 15 is 0 Å². The Morgan fingerprint density at radius 2 is 1.21 bits per heavy atom. The van der Waals surface area contributed by atoms with E-state index in [1.54, 1.807) is 42.6 Å². The maximum atomic E-state index is 9.97. The van der Waals surface area contributed by atoms with Crippen LogP contribution in [0.25, 0.3) is 0 Å². The van der Waals surface area contributed by atoms with Crippen molar-refractivity contribution in [2.75, 3.05) is 12.8 Å². The van der Waals surface area contributed by atoms with Crippen LogP contribution in [0.3, 0.4) is 0 Å². The molecule has 4 rings (SSSR count). The highest BCUT2D eigenvalue weighted by Gasteiger charge is 2.10. The fourth-order valence-electron chi connectivity index (χ4n) is 2.06. The van der Waals surface area contributed by atoms with Gasteiger partial charge >= 0.3 is 8.60 Å². The highest BCUT2D eigenvalue weighted by Crippen LogP contribution is 2.35. The van der Waals surface area contributed by atoms with E-state index in [4.69, 9.17) is 19.9 Å². The maximum Gasteiger partial charge on any atom is 0.460 e. The summed E-state index contributed by atoms with van der Waals surface area (Å²) in [6, 6.07) is 31.1. The Kier molecular flexibility index (Phi) is 14.8. The molecule has 1 aromatic heterocycles. The van der Waals surface area contributed by atoms with Gasteiger partial charge in [0.25, 0.3) is 0 Å². The topological polar surface area (TPSA) is 115 Å². The Labute approximate surface area is 195 Å². The van der Waals surface area contributed by atoms with Gasteiger partial charge in [-0.25, -0.2) is 0 Å². The highest BCUT2D eigenvalue weighted by atomic mass is 31.2. The Balaban J connectivity index is 0.000000268. The summed E-state index contributed by atoms with van der Waals surface area (Å²) in [4.78, 5) is 23.3. The van der Waals surface area contributed by atoms with Crippen molar-refractivity contribution in [1.29, 1.82) is 0 Å². The van der Waals surface area contributed by atoms with Gasteiger partial charge in [-0.3, -0.25) is 9.78 Å². The average Bonchev–Trinajstić information content (AvgIpc) is 2.88. The molecular formula is C25H27N2O5P. The molecule has 0 fully saturated rings. The molecule has 0 unspecified atom stereocenters. The van der Waals surface area contributed by atoms with Gasteiger partial charge in [-0.2, -0.15) is 0 Å². The summed E-state index contributed by atoms with van der Waals surface area (Å²) in [5.74, 6) is 1.18. The number of nitrogens with zero attached hydrogens (tertiary/aromatic N) is 1. The van der Waals surface area contributed by atoms with Gasteiger partial charge in [-0.05, 0) is 48.5 Å². The first-order chi connectivity index (χ1) is 16.2. The van der Waals surface area contributed by atoms with Crippen LogP contribution in [0.1, 0.15) is 10.4 Å². The number of aliphatic hydroxyl groups excluding tert-OH is 1. The van der Waals surface area contributed by atoms with Crippen molar-refractivity contribution in [2.24, 2.45) is 0 Å². The lowest BCUT2D eigenvalue weighted by atomic mass is 10.3. The van der Waals surface area contributed by atoms with Gasteiger partial charge in [-0.1, -0.05) is 54.6 Å². The van der Waals surface area contributed by atoms with Crippen molar-refractivity contribution >= 4 is 20.6 Å². The standard InChI is InChI=1S/C12H11O3P.C6H5NO.C6H7N.CH4O/c13-16(14-11-7-3-1-4-8-11)15-12-9-5-2-6-10-12;8-5-6-2-1-3-7-4-6;7-6-4-2-1-3-5-6;1-2/h1-10,13H;1-5H;1-5H,7H2;2H,1H3. The van der Waals surface area contributed by atoms with Gasteiger partial charge in [-0.15, -0.1) is 0 Å². The van der Waals surface area contributed by atoms with Gasteiger partial charge in [0.15, 0.2) is 6.29 Å². The quantitative estimate of drug-likeness (QED) is 0.212. The number of carbonyl (C=O) groups is 1. The minimum absolute atomic E-state index is 0.590. The first-order valence-electron chi connectivity index (χ1n) is 9.73. The number of carbonyl (C=O) groups excluding carboxylic acids is 1. The van der Waals surface area contributed by atoms with E-state index in [9.17, 15) is 9.69 Å². The Bertz CT molecular complexity index is 937. The van der Waals surface area contributed by atoms with Crippen LogP contribution in [0.5, 0.6) is 11.5 Å². The molecule has 172 valence electrons. The van der Waals surface area contributed by atoms with Crippen LogP contribution in [-0.2, 0) is 0 Å². The van der Waals surface area contributed by atoms with Crippen molar-refractivity contribution < 1.29 is 23.8 Å². The summed E-state index contributed by atoms with van der Waals surface area (Å²) in [5, 5.41) is 7.00. The predicted molar refractivity (Wildman–Crippen MR) is 132 cm³/mol. The Morgan fingerprint density at radius 3 is 1.52 bits per heavy atom. The number of nitrogen functional groups attached to an aromatic ring is 1. The number of benzene rings is 3. The largest absolute Gasteiger partial charge is 0.460 e. The second-order valence-electron chi connectivity index (χ2n) is 5.86. The Morgan fingerprint density at radius 1 is 0.758 bits per heavy atom. The van der Waals surface area contributed by atoms with Crippen LogP contribution in [-0.4, -0.2) is 28.4 Å². The van der Waals surface area contributed by atoms with E-state index in [1.807, 2.05) is 66.7 Å². The van der Waals surface area contributed by atoms with Crippen molar-refractivity contribution in [3.05, 3.63) is 121 Å². The third-order valence-corrected chi connectivity index (χ3v) is 4.21. The van der Waals surface area contributed by atoms with Crippen molar-refractivity contribution in [3.63, 3.8) is 0 Å². The number of rotatable bonds is 5. The second kappa shape index (κ2) is 17.9. The first kappa shape index (κ1) is 27.3. The van der Waals surface area contributed by atoms with Gasteiger partial charge in [0.05, 0.1) is 0 Å². The molecule has 0 aliphatic carbocycles. The zero-order valence-electron chi connectivity index (χ0n) is 18.1. The minimum Gasteiger partial charge on any atom is -0.418 e. The molecule has 33 heavy (non-hydrogen) atoms. The normalized spacial score (nSPS) is 8.97. The molecule has 7 nitrogen and oxygen atoms in total. The third kappa shape index (κ3) is 13.3. The summed E-state index contributed by atoms with van der Waals surface area (Å²) < 4.78 is 10.4. The van der Waals surface area contributed by atoms with E-state index in [1.165, 1.54) is 6.20 Å². The van der Waals surface area contributed by atoms with Crippen LogP contribution >= 0.6 is 8.60 Å². The molecule has 0 saturated heterocycles. The summed E-state index contributed by atoms with van der Waals surface area (Å²) in [6.07, 6.45) is 3.92. The van der Waals surface area contributed by atoms with Gasteiger partial charge in [0.1, 0.15) is 11.5 Å². The lowest BCUT2D eigenvalue weighted by Crippen LogP contribution is -1.93. The zero-order chi connectivity index (χ0) is 24.2. The molecule has 3 aromatic carbocycles. The van der Waals surface area contributed by atoms with Crippen molar-refractivity contribution in [2.45, 2.75) is 0 Å². The molecule has 0 amide bonds. The van der Waals surface area contributed by atoms with E-state index in [0.717, 1.165) is 19.1 Å². The zero-order valence-corrected chi connectivity index (χ0v) is 19.0.